The molecule has 0 aromatic carbocycles. The van der Waals surface area contributed by atoms with Crippen LogP contribution in [0.4, 0.5) is 0 Å². The summed E-state index contributed by atoms with van der Waals surface area (Å²) in [4.78, 5) is 14.2. The number of nitrogens with one attached hydrogen (secondary N) is 1. The van der Waals surface area contributed by atoms with Crippen LogP contribution < -0.4 is 5.73 Å². The summed E-state index contributed by atoms with van der Waals surface area (Å²) in [6.45, 7) is 4.64. The fourth-order valence-corrected chi connectivity index (χ4v) is 2.43. The first-order valence-electron chi connectivity index (χ1n) is 6.18. The molecule has 1 amide bonds. The highest BCUT2D eigenvalue weighted by molar-refractivity contribution is 5.92. The molecular formula is C12H20N4O. The quantitative estimate of drug-likeness (QED) is 0.806. The zero-order valence-electron chi connectivity index (χ0n) is 10.4. The van der Waals surface area contributed by atoms with Gasteiger partial charge < -0.3 is 10.6 Å². The van der Waals surface area contributed by atoms with Crippen LogP contribution >= 0.6 is 0 Å². The highest BCUT2D eigenvalue weighted by Gasteiger charge is 2.30. The molecule has 2 atom stereocenters. The summed E-state index contributed by atoms with van der Waals surface area (Å²) in [6.07, 6.45) is 3.20. The van der Waals surface area contributed by atoms with Gasteiger partial charge in [-0.3, -0.25) is 9.89 Å². The standard InChI is InChI=1S/C12H20N4O/c1-8-7-10(15-14-8)12(17)16-6-4-3-5-11(16)9(2)13/h7,9,11H,3-6,13H2,1-2H3,(H,14,15). The maximum Gasteiger partial charge on any atom is 0.274 e. The van der Waals surface area contributed by atoms with Crippen LogP contribution in [0, 0.1) is 6.92 Å². The predicted molar refractivity (Wildman–Crippen MR) is 65.6 cm³/mol. The van der Waals surface area contributed by atoms with Crippen LogP contribution in [0.15, 0.2) is 6.07 Å². The molecule has 0 saturated carbocycles. The van der Waals surface area contributed by atoms with E-state index in [0.29, 0.717) is 5.69 Å². The minimum Gasteiger partial charge on any atom is -0.333 e. The van der Waals surface area contributed by atoms with E-state index in [0.717, 1.165) is 31.5 Å². The van der Waals surface area contributed by atoms with Crippen LogP contribution in [0.2, 0.25) is 0 Å². The number of rotatable bonds is 2. The molecule has 1 saturated heterocycles. The number of likely N-dealkylation sites (tertiary alicyclic amines) is 1. The van der Waals surface area contributed by atoms with Crippen LogP contribution in [0.5, 0.6) is 0 Å². The predicted octanol–water partition coefficient (Wildman–Crippen LogP) is 1.06. The van der Waals surface area contributed by atoms with Gasteiger partial charge >= 0.3 is 0 Å². The zero-order chi connectivity index (χ0) is 12.4. The van der Waals surface area contributed by atoms with E-state index >= 15 is 0 Å². The third-order valence-corrected chi connectivity index (χ3v) is 3.34. The Bertz CT molecular complexity index is 399. The first-order chi connectivity index (χ1) is 8.09. The molecule has 0 bridgehead atoms. The summed E-state index contributed by atoms with van der Waals surface area (Å²) in [6, 6.07) is 1.95. The Hall–Kier alpha value is -1.36. The lowest BCUT2D eigenvalue weighted by atomic mass is 9.96. The van der Waals surface area contributed by atoms with Crippen molar-refractivity contribution in [2.75, 3.05) is 6.54 Å². The molecule has 1 aromatic heterocycles. The van der Waals surface area contributed by atoms with Gasteiger partial charge in [-0.05, 0) is 39.2 Å². The second-order valence-corrected chi connectivity index (χ2v) is 4.86. The average Bonchev–Trinajstić information content (AvgIpc) is 2.75. The van der Waals surface area contributed by atoms with Crippen LogP contribution in [0.25, 0.3) is 0 Å². The Morgan fingerprint density at radius 2 is 2.41 bits per heavy atom. The van der Waals surface area contributed by atoms with Crippen LogP contribution in [0.1, 0.15) is 42.4 Å². The second kappa shape index (κ2) is 4.87. The van der Waals surface area contributed by atoms with E-state index in [1.165, 1.54) is 0 Å². The Balaban J connectivity index is 2.16. The molecule has 0 spiro atoms. The molecule has 3 N–H and O–H groups in total. The number of aryl methyl sites for hydroxylation is 1. The van der Waals surface area contributed by atoms with Gasteiger partial charge in [-0.15, -0.1) is 0 Å². The highest BCUT2D eigenvalue weighted by atomic mass is 16.2. The first kappa shape index (κ1) is 12.1. The van der Waals surface area contributed by atoms with Crippen molar-refractivity contribution in [3.05, 3.63) is 17.5 Å². The molecule has 5 heteroatoms. The number of hydrogen-bond donors (Lipinski definition) is 2. The number of carbonyl (C=O) groups is 1. The van der Waals surface area contributed by atoms with Crippen LogP contribution in [-0.2, 0) is 0 Å². The summed E-state index contributed by atoms with van der Waals surface area (Å²) in [5.41, 5.74) is 7.36. The topological polar surface area (TPSA) is 75.0 Å². The number of aromatic nitrogens is 2. The van der Waals surface area contributed by atoms with Gasteiger partial charge in [0.05, 0.1) is 0 Å². The number of piperidine rings is 1. The summed E-state index contributed by atoms with van der Waals surface area (Å²) in [7, 11) is 0. The van der Waals surface area contributed by atoms with E-state index in [-0.39, 0.29) is 18.0 Å². The van der Waals surface area contributed by atoms with Crippen molar-refractivity contribution >= 4 is 5.91 Å². The molecule has 0 radical (unpaired) electrons. The zero-order valence-corrected chi connectivity index (χ0v) is 10.4. The van der Waals surface area contributed by atoms with Crippen molar-refractivity contribution in [3.63, 3.8) is 0 Å². The molecular weight excluding hydrogens is 216 g/mol. The average molecular weight is 236 g/mol. The SMILES string of the molecule is Cc1cc(C(=O)N2CCCCC2C(C)N)n[nH]1. The van der Waals surface area contributed by atoms with Crippen molar-refractivity contribution < 1.29 is 4.79 Å². The number of nitrogens with zero attached hydrogens (tertiary/aromatic N) is 2. The molecule has 1 aliphatic heterocycles. The van der Waals surface area contributed by atoms with Crippen molar-refractivity contribution in [1.29, 1.82) is 0 Å². The smallest absolute Gasteiger partial charge is 0.274 e. The summed E-state index contributed by atoms with van der Waals surface area (Å²) >= 11 is 0. The third-order valence-electron chi connectivity index (χ3n) is 3.34. The molecule has 2 unspecified atom stereocenters. The van der Waals surface area contributed by atoms with Gasteiger partial charge in [0.1, 0.15) is 5.69 Å². The van der Waals surface area contributed by atoms with Gasteiger partial charge in [-0.25, -0.2) is 0 Å². The Morgan fingerprint density at radius 3 is 3.00 bits per heavy atom. The maximum absolute atomic E-state index is 12.3. The normalized spacial score (nSPS) is 22.5. The van der Waals surface area contributed by atoms with Crippen molar-refractivity contribution in [2.24, 2.45) is 5.73 Å². The molecule has 2 rings (SSSR count). The summed E-state index contributed by atoms with van der Waals surface area (Å²) < 4.78 is 0. The van der Waals surface area contributed by atoms with E-state index in [2.05, 4.69) is 10.2 Å². The fraction of sp³-hybridized carbons (Fsp3) is 0.667. The molecule has 1 aromatic rings. The van der Waals surface area contributed by atoms with Crippen molar-refractivity contribution in [3.8, 4) is 0 Å². The largest absolute Gasteiger partial charge is 0.333 e. The molecule has 0 aliphatic carbocycles. The highest BCUT2D eigenvalue weighted by Crippen LogP contribution is 2.21. The number of hydrogen-bond acceptors (Lipinski definition) is 3. The molecule has 2 heterocycles. The lowest BCUT2D eigenvalue weighted by Gasteiger charge is -2.37. The minimum atomic E-state index is -0.00338. The van der Waals surface area contributed by atoms with E-state index in [4.69, 9.17) is 5.73 Å². The van der Waals surface area contributed by atoms with E-state index in [1.807, 2.05) is 18.7 Å². The molecule has 94 valence electrons. The third kappa shape index (κ3) is 2.49. The molecule has 17 heavy (non-hydrogen) atoms. The minimum absolute atomic E-state index is 0.00338. The van der Waals surface area contributed by atoms with Crippen molar-refractivity contribution in [1.82, 2.24) is 15.1 Å². The number of nitrogens with two attached hydrogens (primary N) is 1. The molecule has 1 fully saturated rings. The van der Waals surface area contributed by atoms with Gasteiger partial charge in [0.2, 0.25) is 0 Å². The summed E-state index contributed by atoms with van der Waals surface area (Å²) in [5.74, 6) is -0.00338. The first-order valence-corrected chi connectivity index (χ1v) is 6.18. The van der Waals surface area contributed by atoms with Gasteiger partial charge in [0.25, 0.3) is 5.91 Å². The Labute approximate surface area is 101 Å². The number of aromatic amines is 1. The van der Waals surface area contributed by atoms with Gasteiger partial charge in [0, 0.05) is 24.3 Å². The van der Waals surface area contributed by atoms with Gasteiger partial charge in [-0.2, -0.15) is 5.10 Å². The molecule has 1 aliphatic rings. The van der Waals surface area contributed by atoms with E-state index < -0.39 is 0 Å². The second-order valence-electron chi connectivity index (χ2n) is 4.86. The summed E-state index contributed by atoms with van der Waals surface area (Å²) in [5, 5.41) is 6.83. The number of H-pyrrole nitrogens is 1. The van der Waals surface area contributed by atoms with E-state index in [9.17, 15) is 4.79 Å². The monoisotopic (exact) mass is 236 g/mol. The van der Waals surface area contributed by atoms with Gasteiger partial charge in [0.15, 0.2) is 0 Å². The Kier molecular flexibility index (Phi) is 3.47. The maximum atomic E-state index is 12.3. The number of carbonyl (C=O) groups excluding carboxylic acids is 1. The van der Waals surface area contributed by atoms with Crippen LogP contribution in [0.3, 0.4) is 0 Å². The lowest BCUT2D eigenvalue weighted by Crippen LogP contribution is -2.51. The molecule has 5 nitrogen and oxygen atoms in total. The van der Waals surface area contributed by atoms with E-state index in [1.54, 1.807) is 6.07 Å². The number of amides is 1. The van der Waals surface area contributed by atoms with Gasteiger partial charge in [-0.1, -0.05) is 0 Å². The fourth-order valence-electron chi connectivity index (χ4n) is 2.43. The van der Waals surface area contributed by atoms with Crippen LogP contribution in [-0.4, -0.2) is 39.6 Å². The van der Waals surface area contributed by atoms with Crippen molar-refractivity contribution in [2.45, 2.75) is 45.2 Å². The Morgan fingerprint density at radius 1 is 1.65 bits per heavy atom. The lowest BCUT2D eigenvalue weighted by molar-refractivity contribution is 0.0577.